The molecule has 3 aromatic rings. The standard InChI is InChI=1S/C23H27N3O5S2/c1-17-7-8-18(2)21(15-17)30-11-4-14-32-23-25-24-22(31-23)19-5-3-6-20(16-19)33(27,28)26-9-12-29-13-10-26/h3,5-8,15-16H,4,9-14H2,1-2H3. The number of morpholine rings is 1. The van der Waals surface area contributed by atoms with Crippen molar-refractivity contribution in [3.63, 3.8) is 0 Å². The maximum absolute atomic E-state index is 12.9. The molecule has 1 aliphatic rings. The first-order valence-corrected chi connectivity index (χ1v) is 13.2. The van der Waals surface area contributed by atoms with Crippen molar-refractivity contribution < 1.29 is 22.3 Å². The van der Waals surface area contributed by atoms with Gasteiger partial charge in [0.1, 0.15) is 5.75 Å². The van der Waals surface area contributed by atoms with Gasteiger partial charge in [-0.25, -0.2) is 8.42 Å². The highest BCUT2D eigenvalue weighted by Gasteiger charge is 2.26. The molecule has 33 heavy (non-hydrogen) atoms. The molecule has 0 bridgehead atoms. The van der Waals surface area contributed by atoms with Crippen LogP contribution in [0.3, 0.4) is 0 Å². The largest absolute Gasteiger partial charge is 0.493 e. The lowest BCUT2D eigenvalue weighted by Crippen LogP contribution is -2.40. The molecular weight excluding hydrogens is 462 g/mol. The zero-order valence-corrected chi connectivity index (χ0v) is 20.3. The number of rotatable bonds is 9. The number of aromatic nitrogens is 2. The van der Waals surface area contributed by atoms with Gasteiger partial charge in [-0.3, -0.25) is 0 Å². The molecule has 0 N–H and O–H groups in total. The molecule has 0 spiro atoms. The van der Waals surface area contributed by atoms with Crippen LogP contribution in [0.1, 0.15) is 17.5 Å². The van der Waals surface area contributed by atoms with Crippen molar-refractivity contribution >= 4 is 21.8 Å². The van der Waals surface area contributed by atoms with Crippen LogP contribution in [0.25, 0.3) is 11.5 Å². The van der Waals surface area contributed by atoms with Crippen molar-refractivity contribution in [3.05, 3.63) is 53.6 Å². The zero-order valence-electron chi connectivity index (χ0n) is 18.7. The van der Waals surface area contributed by atoms with Crippen LogP contribution in [0.4, 0.5) is 0 Å². The minimum absolute atomic E-state index is 0.206. The lowest BCUT2D eigenvalue weighted by atomic mass is 10.1. The average molecular weight is 490 g/mol. The molecule has 0 amide bonds. The number of thioether (sulfide) groups is 1. The van der Waals surface area contributed by atoms with Gasteiger partial charge in [0.25, 0.3) is 5.22 Å². The van der Waals surface area contributed by atoms with E-state index in [1.54, 1.807) is 24.3 Å². The Kier molecular flexibility index (Phi) is 7.69. The van der Waals surface area contributed by atoms with Gasteiger partial charge in [-0.1, -0.05) is 30.0 Å². The lowest BCUT2D eigenvalue weighted by Gasteiger charge is -2.26. The number of hydrogen-bond acceptors (Lipinski definition) is 8. The highest BCUT2D eigenvalue weighted by molar-refractivity contribution is 7.99. The van der Waals surface area contributed by atoms with Crippen LogP contribution < -0.4 is 4.74 Å². The van der Waals surface area contributed by atoms with Crippen LogP contribution in [0, 0.1) is 13.8 Å². The number of sulfonamides is 1. The summed E-state index contributed by atoms with van der Waals surface area (Å²) in [6.45, 7) is 6.17. The van der Waals surface area contributed by atoms with E-state index in [9.17, 15) is 8.42 Å². The molecule has 0 unspecified atom stereocenters. The molecule has 176 valence electrons. The first kappa shape index (κ1) is 23.7. The number of ether oxygens (including phenoxy) is 2. The minimum atomic E-state index is -3.59. The van der Waals surface area contributed by atoms with Gasteiger partial charge >= 0.3 is 0 Å². The van der Waals surface area contributed by atoms with Crippen molar-refractivity contribution in [1.82, 2.24) is 14.5 Å². The van der Waals surface area contributed by atoms with Crippen molar-refractivity contribution in [1.29, 1.82) is 0 Å². The van der Waals surface area contributed by atoms with E-state index in [0.29, 0.717) is 49.6 Å². The molecular formula is C23H27N3O5S2. The fourth-order valence-corrected chi connectivity index (χ4v) is 5.50. The van der Waals surface area contributed by atoms with E-state index < -0.39 is 10.0 Å². The second-order valence-electron chi connectivity index (χ2n) is 7.74. The van der Waals surface area contributed by atoms with E-state index in [0.717, 1.165) is 23.5 Å². The molecule has 0 radical (unpaired) electrons. The van der Waals surface area contributed by atoms with Gasteiger partial charge in [-0.2, -0.15) is 4.31 Å². The summed E-state index contributed by atoms with van der Waals surface area (Å²) in [5, 5.41) is 8.62. The SMILES string of the molecule is Cc1ccc(C)c(OCCCSc2nnc(-c3cccc(S(=O)(=O)N4CCOCC4)c3)o2)c1. The Morgan fingerprint density at radius 3 is 2.73 bits per heavy atom. The van der Waals surface area contributed by atoms with Crippen molar-refractivity contribution in [2.75, 3.05) is 38.7 Å². The highest BCUT2D eigenvalue weighted by Crippen LogP contribution is 2.27. The van der Waals surface area contributed by atoms with Gasteiger partial charge in [-0.15, -0.1) is 10.2 Å². The second kappa shape index (κ2) is 10.7. The zero-order chi connectivity index (χ0) is 23.3. The van der Waals surface area contributed by atoms with Crippen LogP contribution in [0.15, 0.2) is 57.0 Å². The third-order valence-corrected chi connectivity index (χ3v) is 8.01. The Hall–Kier alpha value is -2.40. The molecule has 2 aromatic carbocycles. The first-order chi connectivity index (χ1) is 15.9. The predicted octanol–water partition coefficient (Wildman–Crippen LogP) is 3.94. The summed E-state index contributed by atoms with van der Waals surface area (Å²) in [6, 6.07) is 12.8. The molecule has 10 heteroatoms. The summed E-state index contributed by atoms with van der Waals surface area (Å²) in [5.74, 6) is 1.97. The molecule has 2 heterocycles. The monoisotopic (exact) mass is 489 g/mol. The minimum Gasteiger partial charge on any atom is -0.493 e. The van der Waals surface area contributed by atoms with Crippen LogP contribution in [-0.4, -0.2) is 61.6 Å². The second-order valence-corrected chi connectivity index (χ2v) is 10.7. The smallest absolute Gasteiger partial charge is 0.276 e. The number of benzene rings is 2. The Morgan fingerprint density at radius 2 is 1.91 bits per heavy atom. The summed E-state index contributed by atoms with van der Waals surface area (Å²) in [6.07, 6.45) is 0.822. The Labute approximate surface area is 198 Å². The van der Waals surface area contributed by atoms with E-state index in [1.807, 2.05) is 19.9 Å². The van der Waals surface area contributed by atoms with Crippen LogP contribution in [0.5, 0.6) is 5.75 Å². The molecule has 0 saturated carbocycles. The van der Waals surface area contributed by atoms with E-state index >= 15 is 0 Å². The van der Waals surface area contributed by atoms with Crippen LogP contribution in [0.2, 0.25) is 0 Å². The van der Waals surface area contributed by atoms with Crippen molar-refractivity contribution in [2.24, 2.45) is 0 Å². The van der Waals surface area contributed by atoms with Crippen LogP contribution >= 0.6 is 11.8 Å². The van der Waals surface area contributed by atoms with E-state index in [1.165, 1.54) is 21.6 Å². The predicted molar refractivity (Wildman–Crippen MR) is 126 cm³/mol. The summed E-state index contributed by atoms with van der Waals surface area (Å²) < 4.78 is 44.1. The molecule has 1 aromatic heterocycles. The van der Waals surface area contributed by atoms with Gasteiger partial charge < -0.3 is 13.9 Å². The summed E-state index contributed by atoms with van der Waals surface area (Å²) in [4.78, 5) is 0.206. The molecule has 8 nitrogen and oxygen atoms in total. The molecule has 0 atom stereocenters. The fraction of sp³-hybridized carbons (Fsp3) is 0.391. The first-order valence-electron chi connectivity index (χ1n) is 10.8. The quantitative estimate of drug-likeness (QED) is 0.330. The van der Waals surface area contributed by atoms with Gasteiger partial charge in [-0.05, 0) is 55.7 Å². The van der Waals surface area contributed by atoms with E-state index in [2.05, 4.69) is 22.3 Å². The summed E-state index contributed by atoms with van der Waals surface area (Å²) in [5.41, 5.74) is 2.86. The van der Waals surface area contributed by atoms with E-state index in [4.69, 9.17) is 13.9 Å². The highest BCUT2D eigenvalue weighted by atomic mass is 32.2. The topological polar surface area (TPSA) is 94.8 Å². The third kappa shape index (κ3) is 5.94. The van der Waals surface area contributed by atoms with Crippen molar-refractivity contribution in [2.45, 2.75) is 30.4 Å². The van der Waals surface area contributed by atoms with Gasteiger partial charge in [0.05, 0.1) is 24.7 Å². The molecule has 1 fully saturated rings. The van der Waals surface area contributed by atoms with Gasteiger partial charge in [0, 0.05) is 24.4 Å². The molecule has 1 saturated heterocycles. The van der Waals surface area contributed by atoms with Gasteiger partial charge in [0.15, 0.2) is 0 Å². The summed E-state index contributed by atoms with van der Waals surface area (Å²) >= 11 is 1.45. The van der Waals surface area contributed by atoms with E-state index in [-0.39, 0.29) is 4.90 Å². The Bertz CT molecular complexity index is 1190. The summed E-state index contributed by atoms with van der Waals surface area (Å²) in [7, 11) is -3.59. The molecule has 0 aliphatic carbocycles. The normalized spacial score (nSPS) is 15.0. The van der Waals surface area contributed by atoms with Gasteiger partial charge in [0.2, 0.25) is 15.9 Å². The number of hydrogen-bond donors (Lipinski definition) is 0. The maximum atomic E-state index is 12.9. The Morgan fingerprint density at radius 1 is 1.09 bits per heavy atom. The molecule has 1 aliphatic heterocycles. The maximum Gasteiger partial charge on any atom is 0.276 e. The molecule has 4 rings (SSSR count). The number of aryl methyl sites for hydroxylation is 2. The van der Waals surface area contributed by atoms with Crippen LogP contribution in [-0.2, 0) is 14.8 Å². The Balaban J connectivity index is 1.33. The third-order valence-electron chi connectivity index (χ3n) is 5.21. The number of nitrogens with zero attached hydrogens (tertiary/aromatic N) is 3. The lowest BCUT2D eigenvalue weighted by molar-refractivity contribution is 0.0730. The fourth-order valence-electron chi connectivity index (χ4n) is 3.37. The van der Waals surface area contributed by atoms with Crippen molar-refractivity contribution in [3.8, 4) is 17.2 Å². The average Bonchev–Trinajstić information content (AvgIpc) is 3.31.